The highest BCUT2D eigenvalue weighted by Crippen LogP contribution is 2.33. The van der Waals surface area contributed by atoms with Crippen LogP contribution in [0.1, 0.15) is 25.7 Å². The maximum Gasteiger partial charge on any atom is 0.314 e. The van der Waals surface area contributed by atoms with Crippen LogP contribution in [-0.2, 0) is 9.59 Å². The van der Waals surface area contributed by atoms with Crippen LogP contribution in [0.25, 0.3) is 0 Å². The molecule has 0 aromatic heterocycles. The summed E-state index contributed by atoms with van der Waals surface area (Å²) >= 11 is 0. The monoisotopic (exact) mass is 389 g/mol. The number of ether oxygens (including phenoxy) is 1. The van der Waals surface area contributed by atoms with Crippen LogP contribution >= 0.6 is 0 Å². The zero-order valence-corrected chi connectivity index (χ0v) is 14.1. The molecule has 0 atom stereocenters. The minimum atomic E-state index is -2.32. The van der Waals surface area contributed by atoms with Crippen LogP contribution < -0.4 is 10.1 Å². The average molecular weight is 389 g/mol. The average Bonchev–Trinajstić information content (AvgIpc) is 2.67. The zero-order valence-electron chi connectivity index (χ0n) is 14.1. The summed E-state index contributed by atoms with van der Waals surface area (Å²) < 4.78 is 70.9. The van der Waals surface area contributed by atoms with E-state index in [1.54, 1.807) is 0 Å². The summed E-state index contributed by atoms with van der Waals surface area (Å²) in [5.74, 6) is -14.7. The lowest BCUT2D eigenvalue weighted by Crippen LogP contribution is -2.32. The normalized spacial score (nSPS) is 19.1. The number of amides is 1. The number of nitrogens with one attached hydrogen (secondary N) is 1. The van der Waals surface area contributed by atoms with Crippen LogP contribution in [-0.4, -0.2) is 18.4 Å². The number of rotatable bonds is 5. The topological polar surface area (TPSA) is 55.4 Å². The molecule has 146 valence electrons. The summed E-state index contributed by atoms with van der Waals surface area (Å²) in [5, 5.41) is 2.64. The fourth-order valence-electron chi connectivity index (χ4n) is 2.85. The molecule has 1 fully saturated rings. The Labute approximate surface area is 151 Å². The van der Waals surface area contributed by atoms with Crippen molar-refractivity contribution < 1.29 is 36.3 Å². The third-order valence-electron chi connectivity index (χ3n) is 4.35. The second-order valence-corrected chi connectivity index (χ2v) is 6.13. The van der Waals surface area contributed by atoms with Crippen LogP contribution in [0.3, 0.4) is 0 Å². The van der Waals surface area contributed by atoms with Crippen LogP contribution in [0.4, 0.5) is 22.0 Å². The van der Waals surface area contributed by atoms with Gasteiger partial charge in [0.05, 0.1) is 5.92 Å². The molecule has 1 amide bonds. The number of benzene rings is 1. The maximum absolute atomic E-state index is 13.6. The molecule has 1 aromatic rings. The second-order valence-electron chi connectivity index (χ2n) is 6.13. The van der Waals surface area contributed by atoms with Gasteiger partial charge in [-0.15, -0.1) is 5.73 Å². The first-order chi connectivity index (χ1) is 12.8. The molecule has 27 heavy (non-hydrogen) atoms. The van der Waals surface area contributed by atoms with E-state index in [1.165, 1.54) is 0 Å². The molecular weight excluding hydrogens is 373 g/mol. The largest absolute Gasteiger partial charge is 0.420 e. The van der Waals surface area contributed by atoms with Gasteiger partial charge in [0, 0.05) is 12.6 Å². The minimum Gasteiger partial charge on any atom is -0.420 e. The number of esters is 1. The Bertz CT molecular complexity index is 768. The van der Waals surface area contributed by atoms with Gasteiger partial charge in [0.1, 0.15) is 0 Å². The fourth-order valence-corrected chi connectivity index (χ4v) is 2.85. The van der Waals surface area contributed by atoms with E-state index in [0.29, 0.717) is 32.2 Å². The molecular formula is C18H16F5NO3. The van der Waals surface area contributed by atoms with Gasteiger partial charge in [-0.2, -0.15) is 8.78 Å². The smallest absolute Gasteiger partial charge is 0.314 e. The van der Waals surface area contributed by atoms with Crippen LogP contribution in [0, 0.1) is 40.9 Å². The van der Waals surface area contributed by atoms with Crippen molar-refractivity contribution in [3.05, 3.63) is 47.5 Å². The molecule has 0 heterocycles. The van der Waals surface area contributed by atoms with E-state index in [-0.39, 0.29) is 11.8 Å². The fraction of sp³-hybridized carbons (Fsp3) is 0.389. The molecule has 1 aromatic carbocycles. The minimum absolute atomic E-state index is 0.0883. The molecule has 0 bridgehead atoms. The molecule has 1 aliphatic rings. The Morgan fingerprint density at radius 3 is 2.04 bits per heavy atom. The molecule has 0 spiro atoms. The van der Waals surface area contributed by atoms with E-state index in [9.17, 15) is 31.5 Å². The Balaban J connectivity index is 1.96. The second kappa shape index (κ2) is 8.81. The number of carbonyl (C=O) groups excluding carboxylic acids is 2. The summed E-state index contributed by atoms with van der Waals surface area (Å²) in [6.45, 7) is 3.64. The number of halogens is 5. The molecule has 4 nitrogen and oxygen atoms in total. The van der Waals surface area contributed by atoms with Crippen molar-refractivity contribution in [2.24, 2.45) is 11.8 Å². The Morgan fingerprint density at radius 1 is 1.00 bits per heavy atom. The van der Waals surface area contributed by atoms with Gasteiger partial charge < -0.3 is 10.1 Å². The van der Waals surface area contributed by atoms with Gasteiger partial charge in [-0.3, -0.25) is 9.59 Å². The number of carbonyl (C=O) groups is 2. The van der Waals surface area contributed by atoms with Gasteiger partial charge in [-0.1, -0.05) is 6.58 Å². The molecule has 9 heteroatoms. The Kier molecular flexibility index (Phi) is 6.74. The van der Waals surface area contributed by atoms with Gasteiger partial charge in [0.2, 0.25) is 34.8 Å². The Hall–Kier alpha value is -2.67. The van der Waals surface area contributed by atoms with Gasteiger partial charge in [-0.25, -0.2) is 13.2 Å². The third kappa shape index (κ3) is 4.74. The van der Waals surface area contributed by atoms with Crippen molar-refractivity contribution in [2.45, 2.75) is 25.7 Å². The standard InChI is InChI=1S/C18H16F5NO3/c1-2-3-11(25)24-8-9-4-6-10(7-5-9)18(26)27-17-15(22)13(20)12(19)14(21)16(17)23/h3,9-10H,1,4-8H2,(H,24,25). The zero-order chi connectivity index (χ0) is 20.1. The van der Waals surface area contributed by atoms with Crippen molar-refractivity contribution >= 4 is 11.9 Å². The first-order valence-electron chi connectivity index (χ1n) is 8.13. The molecule has 0 unspecified atom stereocenters. The SMILES string of the molecule is C=C=CC(=O)NCC1CCC(C(=O)Oc2c(F)c(F)c(F)c(F)c2F)CC1. The van der Waals surface area contributed by atoms with E-state index in [2.05, 4.69) is 22.4 Å². The molecule has 0 saturated heterocycles. The van der Waals surface area contributed by atoms with Crippen LogP contribution in [0.5, 0.6) is 5.75 Å². The summed E-state index contributed by atoms with van der Waals surface area (Å²) in [4.78, 5) is 23.4. The summed E-state index contributed by atoms with van der Waals surface area (Å²) in [5.41, 5.74) is 2.33. The van der Waals surface area contributed by atoms with Crippen molar-refractivity contribution in [1.29, 1.82) is 0 Å². The van der Waals surface area contributed by atoms with Crippen LogP contribution in [0.2, 0.25) is 0 Å². The van der Waals surface area contributed by atoms with E-state index < -0.39 is 46.7 Å². The molecule has 1 aliphatic carbocycles. The quantitative estimate of drug-likeness (QED) is 0.159. The molecule has 1 saturated carbocycles. The highest BCUT2D eigenvalue weighted by Gasteiger charge is 2.32. The summed E-state index contributed by atoms with van der Waals surface area (Å²) in [7, 11) is 0. The highest BCUT2D eigenvalue weighted by atomic mass is 19.2. The van der Waals surface area contributed by atoms with Crippen molar-refractivity contribution in [1.82, 2.24) is 5.32 Å². The third-order valence-corrected chi connectivity index (χ3v) is 4.35. The highest BCUT2D eigenvalue weighted by molar-refractivity contribution is 5.87. The summed E-state index contributed by atoms with van der Waals surface area (Å²) in [6, 6.07) is 0. The first kappa shape index (κ1) is 20.6. The summed E-state index contributed by atoms with van der Waals surface area (Å²) in [6.07, 6.45) is 2.79. The molecule has 0 radical (unpaired) electrons. The molecule has 2 rings (SSSR count). The van der Waals surface area contributed by atoms with Gasteiger partial charge >= 0.3 is 5.97 Å². The van der Waals surface area contributed by atoms with Gasteiger partial charge in [-0.05, 0) is 31.6 Å². The molecule has 1 N–H and O–H groups in total. The van der Waals surface area contributed by atoms with Crippen LogP contribution in [0.15, 0.2) is 18.4 Å². The lowest BCUT2D eigenvalue weighted by atomic mass is 9.82. The molecule has 0 aliphatic heterocycles. The first-order valence-corrected chi connectivity index (χ1v) is 8.13. The number of hydrogen-bond donors (Lipinski definition) is 1. The Morgan fingerprint density at radius 2 is 1.52 bits per heavy atom. The van der Waals surface area contributed by atoms with Gasteiger partial charge in [0.15, 0.2) is 0 Å². The van der Waals surface area contributed by atoms with Crippen molar-refractivity contribution in [3.63, 3.8) is 0 Å². The lowest BCUT2D eigenvalue weighted by molar-refractivity contribution is -0.140. The van der Waals surface area contributed by atoms with E-state index in [1.807, 2.05) is 0 Å². The van der Waals surface area contributed by atoms with Crippen molar-refractivity contribution in [2.75, 3.05) is 6.54 Å². The van der Waals surface area contributed by atoms with E-state index >= 15 is 0 Å². The van der Waals surface area contributed by atoms with Crippen molar-refractivity contribution in [3.8, 4) is 5.75 Å². The predicted molar refractivity (Wildman–Crippen MR) is 84.0 cm³/mol. The van der Waals surface area contributed by atoms with E-state index in [4.69, 9.17) is 0 Å². The lowest BCUT2D eigenvalue weighted by Gasteiger charge is -2.27. The van der Waals surface area contributed by atoms with E-state index in [0.717, 1.165) is 6.08 Å². The maximum atomic E-state index is 13.6. The van der Waals surface area contributed by atoms with Gasteiger partial charge in [0.25, 0.3) is 5.91 Å². The predicted octanol–water partition coefficient (Wildman–Crippen LogP) is 3.55. The number of hydrogen-bond acceptors (Lipinski definition) is 3.